The molecule has 0 heterocycles. The van der Waals surface area contributed by atoms with Gasteiger partial charge in [0, 0.05) is 6.54 Å². The molecule has 3 aromatic carbocycles. The van der Waals surface area contributed by atoms with E-state index in [0.29, 0.717) is 18.1 Å². The molecule has 3 aromatic rings. The molecular formula is C25H29N3OS. The van der Waals surface area contributed by atoms with E-state index >= 15 is 0 Å². The van der Waals surface area contributed by atoms with Crippen molar-refractivity contribution in [1.82, 2.24) is 10.3 Å². The van der Waals surface area contributed by atoms with E-state index in [1.54, 1.807) is 13.8 Å². The van der Waals surface area contributed by atoms with Crippen molar-refractivity contribution in [3.05, 3.63) is 108 Å². The number of benzene rings is 3. The second-order valence-electron chi connectivity index (χ2n) is 8.03. The number of hydrogen-bond acceptors (Lipinski definition) is 3. The van der Waals surface area contributed by atoms with Crippen LogP contribution in [0.15, 0.2) is 91.0 Å². The lowest BCUT2D eigenvalue weighted by atomic mass is 9.77. The maximum atomic E-state index is 10.1. The Hall–Kier alpha value is -2.73. The average Bonchev–Trinajstić information content (AvgIpc) is 2.77. The summed E-state index contributed by atoms with van der Waals surface area (Å²) in [5.74, 6) is 6.28. The van der Waals surface area contributed by atoms with Crippen molar-refractivity contribution in [2.45, 2.75) is 31.4 Å². The lowest BCUT2D eigenvalue weighted by Gasteiger charge is -2.39. The number of hydrazine groups is 1. The molecule has 0 fully saturated rings. The second kappa shape index (κ2) is 9.39. The maximum absolute atomic E-state index is 10.1. The summed E-state index contributed by atoms with van der Waals surface area (Å²) >= 11 is 5.72. The van der Waals surface area contributed by atoms with Crippen LogP contribution in [0, 0.1) is 0 Å². The third-order valence-corrected chi connectivity index (χ3v) is 5.48. The van der Waals surface area contributed by atoms with Crippen LogP contribution in [0.3, 0.4) is 0 Å². The highest BCUT2D eigenvalue weighted by Gasteiger charge is 2.37. The lowest BCUT2D eigenvalue weighted by Crippen LogP contribution is -2.55. The van der Waals surface area contributed by atoms with Crippen LogP contribution in [0.25, 0.3) is 0 Å². The Kier molecular flexibility index (Phi) is 6.87. The standard InChI is InChI=1S/C25H29N3OS/c1-24(2,29)18-19-28(26)23(30)27-25(20-12-6-3-7-13-20,21-14-8-4-9-15-21)22-16-10-5-11-17-22/h3-17,29H,18-19,26H2,1-2H3,(H,27,30). The van der Waals surface area contributed by atoms with Gasteiger partial charge in [-0.2, -0.15) is 0 Å². The first-order valence-electron chi connectivity index (χ1n) is 10.1. The number of rotatable bonds is 7. The normalized spacial score (nSPS) is 11.7. The first kappa shape index (κ1) is 22.0. The minimum absolute atomic E-state index is 0.413. The monoisotopic (exact) mass is 419 g/mol. The fourth-order valence-electron chi connectivity index (χ4n) is 3.51. The minimum Gasteiger partial charge on any atom is -0.390 e. The Balaban J connectivity index is 2.09. The fraction of sp³-hybridized carbons (Fsp3) is 0.240. The molecule has 0 radical (unpaired) electrons. The van der Waals surface area contributed by atoms with Gasteiger partial charge >= 0.3 is 0 Å². The quantitative estimate of drug-likeness (QED) is 0.232. The van der Waals surface area contributed by atoms with Gasteiger partial charge in [0.15, 0.2) is 5.11 Å². The van der Waals surface area contributed by atoms with Gasteiger partial charge in [-0.25, -0.2) is 5.84 Å². The Bertz CT molecular complexity index is 844. The summed E-state index contributed by atoms with van der Waals surface area (Å²) in [5, 5.41) is 15.5. The molecule has 156 valence electrons. The average molecular weight is 420 g/mol. The summed E-state index contributed by atoms with van der Waals surface area (Å²) in [7, 11) is 0. The number of hydrogen-bond donors (Lipinski definition) is 3. The van der Waals surface area contributed by atoms with Crippen molar-refractivity contribution < 1.29 is 5.11 Å². The van der Waals surface area contributed by atoms with Crippen molar-refractivity contribution in [3.8, 4) is 0 Å². The molecule has 5 heteroatoms. The van der Waals surface area contributed by atoms with Crippen LogP contribution >= 0.6 is 12.2 Å². The molecule has 0 unspecified atom stereocenters. The summed E-state index contributed by atoms with van der Waals surface area (Å²) in [4.78, 5) is 0. The summed E-state index contributed by atoms with van der Waals surface area (Å²) < 4.78 is 0. The third-order valence-electron chi connectivity index (χ3n) is 5.14. The Morgan fingerprint density at radius 3 is 1.53 bits per heavy atom. The van der Waals surface area contributed by atoms with Crippen molar-refractivity contribution >= 4 is 17.3 Å². The number of nitrogens with one attached hydrogen (secondary N) is 1. The highest BCUT2D eigenvalue weighted by molar-refractivity contribution is 7.80. The molecule has 0 aliphatic rings. The smallest absolute Gasteiger partial charge is 0.184 e. The van der Waals surface area contributed by atoms with Crippen molar-refractivity contribution in [2.75, 3.05) is 6.54 Å². The van der Waals surface area contributed by atoms with Gasteiger partial charge < -0.3 is 10.4 Å². The van der Waals surface area contributed by atoms with Crippen LogP contribution in [0.2, 0.25) is 0 Å². The number of nitrogens with two attached hydrogens (primary N) is 1. The highest BCUT2D eigenvalue weighted by Crippen LogP contribution is 2.36. The van der Waals surface area contributed by atoms with Crippen LogP contribution in [-0.4, -0.2) is 27.4 Å². The molecule has 0 aromatic heterocycles. The van der Waals surface area contributed by atoms with Crippen molar-refractivity contribution in [2.24, 2.45) is 5.84 Å². The molecule has 3 rings (SSSR count). The molecule has 0 saturated carbocycles. The molecule has 0 aliphatic carbocycles. The molecule has 0 atom stereocenters. The first-order chi connectivity index (χ1) is 14.3. The van der Waals surface area contributed by atoms with Gasteiger partial charge in [0.1, 0.15) is 5.54 Å². The largest absolute Gasteiger partial charge is 0.390 e. The van der Waals surface area contributed by atoms with E-state index in [-0.39, 0.29) is 0 Å². The van der Waals surface area contributed by atoms with Gasteiger partial charge in [-0.3, -0.25) is 5.01 Å². The van der Waals surface area contributed by atoms with E-state index in [0.717, 1.165) is 16.7 Å². The molecule has 4 N–H and O–H groups in total. The predicted octanol–water partition coefficient (Wildman–Crippen LogP) is 4.19. The zero-order valence-electron chi connectivity index (χ0n) is 17.5. The summed E-state index contributed by atoms with van der Waals surface area (Å²) in [5.41, 5.74) is 1.64. The Labute approximate surface area is 184 Å². The van der Waals surface area contributed by atoms with Gasteiger partial charge in [-0.15, -0.1) is 0 Å². The topological polar surface area (TPSA) is 61.5 Å². The predicted molar refractivity (Wildman–Crippen MR) is 127 cm³/mol. The van der Waals surface area contributed by atoms with Crippen LogP contribution in [-0.2, 0) is 5.54 Å². The van der Waals surface area contributed by atoms with Crippen molar-refractivity contribution in [1.29, 1.82) is 0 Å². The lowest BCUT2D eigenvalue weighted by molar-refractivity contribution is 0.0644. The second-order valence-corrected chi connectivity index (χ2v) is 8.42. The van der Waals surface area contributed by atoms with Gasteiger partial charge in [0.05, 0.1) is 5.60 Å². The molecule has 0 spiro atoms. The number of thiocarbonyl (C=S) groups is 1. The Morgan fingerprint density at radius 2 is 1.20 bits per heavy atom. The van der Waals surface area contributed by atoms with E-state index in [4.69, 9.17) is 18.1 Å². The molecule has 0 aliphatic heterocycles. The van der Waals surface area contributed by atoms with Gasteiger partial charge in [0.2, 0.25) is 0 Å². The highest BCUT2D eigenvalue weighted by atomic mass is 32.1. The number of aliphatic hydroxyl groups is 1. The van der Waals surface area contributed by atoms with Crippen LogP contribution < -0.4 is 11.2 Å². The SMILES string of the molecule is CC(C)(O)CCN(N)C(=S)NC(c1ccccc1)(c1ccccc1)c1ccccc1. The fourth-order valence-corrected chi connectivity index (χ4v) is 3.75. The van der Waals surface area contributed by atoms with E-state index in [2.05, 4.69) is 41.7 Å². The van der Waals surface area contributed by atoms with Crippen LogP contribution in [0.5, 0.6) is 0 Å². The molecule has 0 bridgehead atoms. The van der Waals surface area contributed by atoms with Crippen LogP contribution in [0.1, 0.15) is 37.0 Å². The summed E-state index contributed by atoms with van der Waals surface area (Å²) in [6, 6.07) is 30.7. The third kappa shape index (κ3) is 5.05. The number of nitrogens with zero attached hydrogens (tertiary/aromatic N) is 1. The zero-order chi connectivity index (χ0) is 21.6. The molecule has 4 nitrogen and oxygen atoms in total. The van der Waals surface area contributed by atoms with Crippen molar-refractivity contribution in [3.63, 3.8) is 0 Å². The molecule has 30 heavy (non-hydrogen) atoms. The Morgan fingerprint density at radius 1 is 0.833 bits per heavy atom. The molecule has 0 amide bonds. The van der Waals surface area contributed by atoms with E-state index in [1.807, 2.05) is 54.6 Å². The molecule has 0 saturated heterocycles. The van der Waals surface area contributed by atoms with Gasteiger partial charge in [0.25, 0.3) is 0 Å². The maximum Gasteiger partial charge on any atom is 0.184 e. The van der Waals surface area contributed by atoms with Crippen LogP contribution in [0.4, 0.5) is 0 Å². The molecular weight excluding hydrogens is 390 g/mol. The van der Waals surface area contributed by atoms with Gasteiger partial charge in [-0.1, -0.05) is 91.0 Å². The first-order valence-corrected chi connectivity index (χ1v) is 10.5. The zero-order valence-corrected chi connectivity index (χ0v) is 18.3. The minimum atomic E-state index is -0.817. The van der Waals surface area contributed by atoms with E-state index in [1.165, 1.54) is 5.01 Å². The van der Waals surface area contributed by atoms with E-state index in [9.17, 15) is 5.11 Å². The summed E-state index contributed by atoms with van der Waals surface area (Å²) in [6.45, 7) is 3.96. The van der Waals surface area contributed by atoms with E-state index < -0.39 is 11.1 Å². The summed E-state index contributed by atoms with van der Waals surface area (Å²) in [6.07, 6.45) is 0.500. The van der Waals surface area contributed by atoms with Gasteiger partial charge in [-0.05, 0) is 49.2 Å².